The van der Waals surface area contributed by atoms with E-state index in [1.807, 2.05) is 0 Å². The fourth-order valence-corrected chi connectivity index (χ4v) is 3.00. The van der Waals surface area contributed by atoms with Gasteiger partial charge in [-0.15, -0.1) is 0 Å². The summed E-state index contributed by atoms with van der Waals surface area (Å²) in [6.45, 7) is 3.47. The summed E-state index contributed by atoms with van der Waals surface area (Å²) in [7, 11) is 1.68. The summed E-state index contributed by atoms with van der Waals surface area (Å²) in [6, 6.07) is 1.72. The molecule has 0 amide bonds. The van der Waals surface area contributed by atoms with E-state index in [1.54, 1.807) is 19.4 Å². The molecule has 3 heterocycles. The Hall–Kier alpha value is -2.75. The minimum Gasteiger partial charge on any atom is -0.384 e. The first kappa shape index (κ1) is 21.0. The number of alkyl halides is 3. The molecule has 0 aliphatic heterocycles. The Morgan fingerprint density at radius 3 is 2.76 bits per heavy atom. The molecule has 0 bridgehead atoms. The molecule has 3 aromatic heterocycles. The summed E-state index contributed by atoms with van der Waals surface area (Å²) < 4.78 is 45.6. The molecular weight excluding hydrogens is 385 g/mol. The first-order chi connectivity index (χ1) is 13.9. The molecule has 1 N–H and O–H groups in total. The number of rotatable bonds is 9. The molecule has 1 unspecified atom stereocenters. The van der Waals surface area contributed by atoms with Crippen LogP contribution in [0.15, 0.2) is 30.9 Å². The SMILES string of the molecule is CCCCC(CNc1ccnc(-c2cnc3cnc(C(F)(F)F)cn23)n1)COC. The maximum Gasteiger partial charge on any atom is 0.434 e. The zero-order valence-electron chi connectivity index (χ0n) is 16.3. The minimum absolute atomic E-state index is 0.277. The molecule has 0 aliphatic carbocycles. The molecule has 0 saturated heterocycles. The molecule has 0 radical (unpaired) electrons. The van der Waals surface area contributed by atoms with Crippen LogP contribution in [0.1, 0.15) is 31.9 Å². The van der Waals surface area contributed by atoms with E-state index >= 15 is 0 Å². The summed E-state index contributed by atoms with van der Waals surface area (Å²) >= 11 is 0. The second-order valence-corrected chi connectivity index (χ2v) is 6.75. The number of aromatic nitrogens is 5. The zero-order chi connectivity index (χ0) is 20.9. The Morgan fingerprint density at radius 1 is 1.21 bits per heavy atom. The first-order valence-electron chi connectivity index (χ1n) is 9.39. The Bertz CT molecular complexity index is 943. The largest absolute Gasteiger partial charge is 0.434 e. The fourth-order valence-electron chi connectivity index (χ4n) is 3.00. The minimum atomic E-state index is -4.55. The van der Waals surface area contributed by atoms with E-state index in [1.165, 1.54) is 10.6 Å². The predicted molar refractivity (Wildman–Crippen MR) is 102 cm³/mol. The molecule has 0 aliphatic rings. The van der Waals surface area contributed by atoms with Crippen LogP contribution >= 0.6 is 0 Å². The van der Waals surface area contributed by atoms with Gasteiger partial charge in [0.05, 0.1) is 19.0 Å². The van der Waals surface area contributed by atoms with Crippen molar-refractivity contribution in [3.8, 4) is 11.5 Å². The van der Waals surface area contributed by atoms with Crippen LogP contribution in [0.2, 0.25) is 0 Å². The van der Waals surface area contributed by atoms with Gasteiger partial charge in [-0.25, -0.2) is 19.9 Å². The van der Waals surface area contributed by atoms with Crippen molar-refractivity contribution in [3.05, 3.63) is 36.5 Å². The van der Waals surface area contributed by atoms with Crippen LogP contribution < -0.4 is 5.32 Å². The van der Waals surface area contributed by atoms with E-state index in [4.69, 9.17) is 4.74 Å². The van der Waals surface area contributed by atoms with Gasteiger partial charge in [-0.1, -0.05) is 19.8 Å². The summed E-state index contributed by atoms with van der Waals surface area (Å²) in [5.41, 5.74) is -0.359. The maximum atomic E-state index is 13.0. The molecule has 3 rings (SSSR count). The summed E-state index contributed by atoms with van der Waals surface area (Å²) in [4.78, 5) is 16.2. The van der Waals surface area contributed by atoms with E-state index < -0.39 is 11.9 Å². The van der Waals surface area contributed by atoms with Gasteiger partial charge < -0.3 is 10.1 Å². The van der Waals surface area contributed by atoms with Crippen molar-refractivity contribution in [2.75, 3.05) is 25.6 Å². The number of hydrogen-bond donors (Lipinski definition) is 1. The van der Waals surface area contributed by atoms with Crippen molar-refractivity contribution in [1.82, 2.24) is 24.3 Å². The van der Waals surface area contributed by atoms with E-state index in [9.17, 15) is 13.2 Å². The van der Waals surface area contributed by atoms with Crippen molar-refractivity contribution in [2.24, 2.45) is 5.92 Å². The number of ether oxygens (including phenoxy) is 1. The van der Waals surface area contributed by atoms with Gasteiger partial charge in [0.15, 0.2) is 17.2 Å². The molecule has 3 aromatic rings. The van der Waals surface area contributed by atoms with Crippen LogP contribution in [0, 0.1) is 5.92 Å². The van der Waals surface area contributed by atoms with Gasteiger partial charge >= 0.3 is 6.18 Å². The van der Waals surface area contributed by atoms with Crippen molar-refractivity contribution < 1.29 is 17.9 Å². The lowest BCUT2D eigenvalue weighted by atomic mass is 10.0. The highest BCUT2D eigenvalue weighted by atomic mass is 19.4. The van der Waals surface area contributed by atoms with Gasteiger partial charge in [0.25, 0.3) is 0 Å². The Kier molecular flexibility index (Phi) is 6.63. The topological polar surface area (TPSA) is 77.2 Å². The monoisotopic (exact) mass is 408 g/mol. The summed E-state index contributed by atoms with van der Waals surface area (Å²) in [5, 5.41) is 3.27. The summed E-state index contributed by atoms with van der Waals surface area (Å²) in [6.07, 6.45) is 3.70. The highest BCUT2D eigenvalue weighted by molar-refractivity contribution is 5.58. The Morgan fingerprint density at radius 2 is 2.03 bits per heavy atom. The molecule has 0 saturated carbocycles. The van der Waals surface area contributed by atoms with Crippen LogP contribution in [0.3, 0.4) is 0 Å². The number of nitrogens with one attached hydrogen (secondary N) is 1. The number of fused-ring (bicyclic) bond motifs is 1. The molecular formula is C19H23F3N6O. The zero-order valence-corrected chi connectivity index (χ0v) is 16.3. The average molecular weight is 408 g/mol. The average Bonchev–Trinajstić information content (AvgIpc) is 3.13. The van der Waals surface area contributed by atoms with Gasteiger partial charge in [0, 0.05) is 26.0 Å². The third kappa shape index (κ3) is 5.20. The van der Waals surface area contributed by atoms with Crippen molar-refractivity contribution in [2.45, 2.75) is 32.4 Å². The lowest BCUT2D eigenvalue weighted by molar-refractivity contribution is -0.141. The Labute approximate surface area is 166 Å². The number of halogens is 3. The maximum absolute atomic E-state index is 13.0. The summed E-state index contributed by atoms with van der Waals surface area (Å²) in [5.74, 6) is 1.21. The van der Waals surface area contributed by atoms with E-state index in [0.29, 0.717) is 30.6 Å². The molecule has 7 nitrogen and oxygen atoms in total. The van der Waals surface area contributed by atoms with Crippen molar-refractivity contribution in [1.29, 1.82) is 0 Å². The van der Waals surface area contributed by atoms with Crippen LogP contribution in [0.5, 0.6) is 0 Å². The standard InChI is InChI=1S/C19H23F3N6O/c1-3-4-5-13(12-29-2)8-25-16-6-7-23-18(27-16)14-9-26-17-10-24-15(11-28(14)17)19(20,21)22/h6-7,9-11,13H,3-5,8,12H2,1-2H3,(H,23,25,27). The predicted octanol–water partition coefficient (Wildman–Crippen LogP) is 4.07. The lowest BCUT2D eigenvalue weighted by Gasteiger charge is -2.17. The number of imidazole rings is 1. The molecule has 10 heteroatoms. The van der Waals surface area contributed by atoms with Crippen LogP contribution in [-0.4, -0.2) is 44.6 Å². The second-order valence-electron chi connectivity index (χ2n) is 6.75. The van der Waals surface area contributed by atoms with Gasteiger partial charge in [-0.2, -0.15) is 13.2 Å². The van der Waals surface area contributed by atoms with Gasteiger partial charge in [0.2, 0.25) is 0 Å². The third-order valence-electron chi connectivity index (χ3n) is 4.51. The fraction of sp³-hybridized carbons (Fsp3) is 0.474. The van der Waals surface area contributed by atoms with Crippen LogP contribution in [0.4, 0.5) is 19.0 Å². The third-order valence-corrected chi connectivity index (χ3v) is 4.51. The molecule has 0 aromatic carbocycles. The lowest BCUT2D eigenvalue weighted by Crippen LogP contribution is -2.19. The smallest absolute Gasteiger partial charge is 0.384 e. The molecule has 1 atom stereocenters. The number of hydrogen-bond acceptors (Lipinski definition) is 6. The molecule has 156 valence electrons. The molecule has 0 spiro atoms. The van der Waals surface area contributed by atoms with Crippen molar-refractivity contribution in [3.63, 3.8) is 0 Å². The molecule has 29 heavy (non-hydrogen) atoms. The van der Waals surface area contributed by atoms with Crippen molar-refractivity contribution >= 4 is 11.5 Å². The van der Waals surface area contributed by atoms with Gasteiger partial charge in [-0.05, 0) is 18.4 Å². The highest BCUT2D eigenvalue weighted by Crippen LogP contribution is 2.28. The quantitative estimate of drug-likeness (QED) is 0.575. The van der Waals surface area contributed by atoms with Gasteiger partial charge in [-0.3, -0.25) is 4.40 Å². The first-order valence-corrected chi connectivity index (χ1v) is 9.39. The highest BCUT2D eigenvalue weighted by Gasteiger charge is 2.33. The van der Waals surface area contributed by atoms with E-state index in [2.05, 4.69) is 32.2 Å². The molecule has 0 fully saturated rings. The van der Waals surface area contributed by atoms with Crippen LogP contribution in [-0.2, 0) is 10.9 Å². The van der Waals surface area contributed by atoms with E-state index in [-0.39, 0.29) is 11.5 Å². The number of anilines is 1. The Balaban J connectivity index is 1.82. The normalized spacial score (nSPS) is 13.0. The van der Waals surface area contributed by atoms with E-state index in [0.717, 1.165) is 31.7 Å². The second kappa shape index (κ2) is 9.17. The number of nitrogens with zero attached hydrogens (tertiary/aromatic N) is 5. The number of methoxy groups -OCH3 is 1. The van der Waals surface area contributed by atoms with Gasteiger partial charge in [0.1, 0.15) is 11.5 Å². The van der Waals surface area contributed by atoms with Crippen LogP contribution in [0.25, 0.3) is 17.2 Å². The number of unbranched alkanes of at least 4 members (excludes halogenated alkanes) is 1.